The lowest BCUT2D eigenvalue weighted by molar-refractivity contribution is 0.0740. The summed E-state index contributed by atoms with van der Waals surface area (Å²) in [6.07, 6.45) is 1.32. The van der Waals surface area contributed by atoms with Crippen molar-refractivity contribution in [1.82, 2.24) is 14.9 Å². The molecule has 0 atom stereocenters. The number of rotatable bonds is 3. The van der Waals surface area contributed by atoms with Crippen LogP contribution in [-0.4, -0.2) is 54.1 Å². The molecule has 1 aliphatic heterocycles. The van der Waals surface area contributed by atoms with Crippen LogP contribution in [0.3, 0.4) is 0 Å². The highest BCUT2D eigenvalue weighted by molar-refractivity contribution is 5.92. The van der Waals surface area contributed by atoms with Crippen molar-refractivity contribution in [2.75, 3.05) is 38.2 Å². The maximum atomic E-state index is 13.0. The summed E-state index contributed by atoms with van der Waals surface area (Å²) in [7, 11) is 1.50. The van der Waals surface area contributed by atoms with Crippen LogP contribution in [0.5, 0.6) is 5.88 Å². The topological polar surface area (TPSA) is 58.6 Å². The number of ether oxygens (including phenoxy) is 1. The second-order valence-electron chi connectivity index (χ2n) is 5.20. The first-order chi connectivity index (χ1) is 11.2. The number of carbonyl (C=O) groups is 1. The van der Waals surface area contributed by atoms with Crippen molar-refractivity contribution in [3.8, 4) is 5.88 Å². The number of hydrogen-bond acceptors (Lipinski definition) is 5. The Morgan fingerprint density at radius 1 is 1.13 bits per heavy atom. The molecule has 23 heavy (non-hydrogen) atoms. The van der Waals surface area contributed by atoms with Gasteiger partial charge in [0.15, 0.2) is 0 Å². The molecule has 1 fully saturated rings. The number of methoxy groups -OCH3 is 1. The Labute approximate surface area is 133 Å². The van der Waals surface area contributed by atoms with Crippen LogP contribution in [0.1, 0.15) is 10.5 Å². The molecular weight excluding hydrogens is 299 g/mol. The number of nitrogens with zero attached hydrogens (tertiary/aromatic N) is 4. The highest BCUT2D eigenvalue weighted by Crippen LogP contribution is 2.18. The van der Waals surface area contributed by atoms with Gasteiger partial charge < -0.3 is 14.5 Å². The first kappa shape index (κ1) is 15.2. The summed E-state index contributed by atoms with van der Waals surface area (Å²) in [4.78, 5) is 24.3. The van der Waals surface area contributed by atoms with E-state index in [9.17, 15) is 9.18 Å². The normalized spacial score (nSPS) is 14.7. The maximum Gasteiger partial charge on any atom is 0.272 e. The van der Waals surface area contributed by atoms with Gasteiger partial charge in [-0.1, -0.05) is 0 Å². The van der Waals surface area contributed by atoms with Gasteiger partial charge in [-0.3, -0.25) is 4.79 Å². The largest absolute Gasteiger partial charge is 0.481 e. The molecule has 0 bridgehead atoms. The molecular formula is C16H17FN4O2. The fourth-order valence-electron chi connectivity index (χ4n) is 2.55. The molecule has 0 spiro atoms. The number of amides is 1. The molecule has 7 heteroatoms. The van der Waals surface area contributed by atoms with Gasteiger partial charge in [-0.15, -0.1) is 0 Å². The van der Waals surface area contributed by atoms with Crippen LogP contribution >= 0.6 is 0 Å². The zero-order valence-electron chi connectivity index (χ0n) is 12.8. The lowest BCUT2D eigenvalue weighted by Crippen LogP contribution is -2.49. The zero-order valence-corrected chi connectivity index (χ0v) is 12.8. The van der Waals surface area contributed by atoms with Gasteiger partial charge in [-0.2, -0.15) is 0 Å². The zero-order chi connectivity index (χ0) is 16.2. The highest BCUT2D eigenvalue weighted by atomic mass is 19.1. The highest BCUT2D eigenvalue weighted by Gasteiger charge is 2.23. The molecule has 1 aromatic carbocycles. The predicted molar refractivity (Wildman–Crippen MR) is 83.1 cm³/mol. The van der Waals surface area contributed by atoms with Crippen molar-refractivity contribution in [3.63, 3.8) is 0 Å². The summed E-state index contributed by atoms with van der Waals surface area (Å²) in [5, 5.41) is 0. The van der Waals surface area contributed by atoms with Gasteiger partial charge in [0.1, 0.15) is 17.8 Å². The summed E-state index contributed by atoms with van der Waals surface area (Å²) < 4.78 is 18.0. The van der Waals surface area contributed by atoms with E-state index in [-0.39, 0.29) is 11.7 Å². The van der Waals surface area contributed by atoms with E-state index in [4.69, 9.17) is 4.74 Å². The van der Waals surface area contributed by atoms with E-state index in [1.54, 1.807) is 17.0 Å². The maximum absolute atomic E-state index is 13.0. The molecule has 1 amide bonds. The molecule has 1 aromatic heterocycles. The second kappa shape index (κ2) is 6.60. The third kappa shape index (κ3) is 3.39. The van der Waals surface area contributed by atoms with Crippen molar-refractivity contribution < 1.29 is 13.9 Å². The third-order valence-corrected chi connectivity index (χ3v) is 3.83. The minimum Gasteiger partial charge on any atom is -0.481 e. The molecule has 0 aliphatic carbocycles. The molecule has 3 rings (SSSR count). The first-order valence-corrected chi connectivity index (χ1v) is 7.33. The molecule has 0 N–H and O–H groups in total. The monoisotopic (exact) mass is 316 g/mol. The van der Waals surface area contributed by atoms with Gasteiger partial charge in [0.05, 0.1) is 7.11 Å². The van der Waals surface area contributed by atoms with E-state index < -0.39 is 0 Å². The SMILES string of the molecule is COc1cc(C(=O)N2CCN(c3ccc(F)cc3)CC2)ncn1. The molecule has 0 saturated carbocycles. The average Bonchev–Trinajstić information content (AvgIpc) is 2.62. The number of piperazine rings is 1. The Morgan fingerprint density at radius 3 is 2.48 bits per heavy atom. The Hall–Kier alpha value is -2.70. The van der Waals surface area contributed by atoms with Crippen LogP contribution < -0.4 is 9.64 Å². The molecule has 1 aliphatic rings. The van der Waals surface area contributed by atoms with Gasteiger partial charge in [0.2, 0.25) is 5.88 Å². The summed E-state index contributed by atoms with van der Waals surface area (Å²) in [5.74, 6) is -0.0157. The van der Waals surface area contributed by atoms with E-state index in [0.29, 0.717) is 37.8 Å². The van der Waals surface area contributed by atoms with Crippen LogP contribution in [0.15, 0.2) is 36.7 Å². The minimum absolute atomic E-state index is 0.135. The summed E-state index contributed by atoms with van der Waals surface area (Å²) in [6.45, 7) is 2.56. The van der Waals surface area contributed by atoms with Crippen LogP contribution in [0.4, 0.5) is 10.1 Å². The van der Waals surface area contributed by atoms with E-state index in [1.165, 1.54) is 31.6 Å². The lowest BCUT2D eigenvalue weighted by Gasteiger charge is -2.36. The van der Waals surface area contributed by atoms with E-state index >= 15 is 0 Å². The summed E-state index contributed by atoms with van der Waals surface area (Å²) >= 11 is 0. The van der Waals surface area contributed by atoms with Crippen molar-refractivity contribution in [2.24, 2.45) is 0 Å². The Kier molecular flexibility index (Phi) is 4.36. The van der Waals surface area contributed by atoms with Crippen molar-refractivity contribution >= 4 is 11.6 Å². The van der Waals surface area contributed by atoms with Gasteiger partial charge in [-0.05, 0) is 24.3 Å². The Bertz CT molecular complexity index is 685. The predicted octanol–water partition coefficient (Wildman–Crippen LogP) is 1.59. The van der Waals surface area contributed by atoms with Crippen molar-refractivity contribution in [2.45, 2.75) is 0 Å². The Balaban J connectivity index is 1.64. The van der Waals surface area contributed by atoms with Gasteiger partial charge in [0, 0.05) is 37.9 Å². The van der Waals surface area contributed by atoms with Gasteiger partial charge in [0.25, 0.3) is 5.91 Å². The summed E-state index contributed by atoms with van der Waals surface area (Å²) in [6, 6.07) is 7.93. The number of anilines is 1. The molecule has 0 radical (unpaired) electrons. The molecule has 1 saturated heterocycles. The van der Waals surface area contributed by atoms with Crippen LogP contribution in [-0.2, 0) is 0 Å². The number of carbonyl (C=O) groups excluding carboxylic acids is 1. The number of benzene rings is 1. The van der Waals surface area contributed by atoms with E-state index in [0.717, 1.165) is 5.69 Å². The Morgan fingerprint density at radius 2 is 1.83 bits per heavy atom. The number of hydrogen-bond donors (Lipinski definition) is 0. The molecule has 2 aromatic rings. The minimum atomic E-state index is -0.250. The standard InChI is InChI=1S/C16H17FN4O2/c1-23-15-10-14(18-11-19-15)16(22)21-8-6-20(7-9-21)13-4-2-12(17)3-5-13/h2-5,10-11H,6-9H2,1H3. The number of halogens is 1. The van der Waals surface area contributed by atoms with Gasteiger partial charge >= 0.3 is 0 Å². The summed E-state index contributed by atoms with van der Waals surface area (Å²) in [5.41, 5.74) is 1.29. The molecule has 0 unspecified atom stereocenters. The van der Waals surface area contributed by atoms with Crippen molar-refractivity contribution in [1.29, 1.82) is 0 Å². The lowest BCUT2D eigenvalue weighted by atomic mass is 10.2. The van der Waals surface area contributed by atoms with E-state index in [2.05, 4.69) is 14.9 Å². The van der Waals surface area contributed by atoms with Crippen LogP contribution in [0, 0.1) is 5.82 Å². The first-order valence-electron chi connectivity index (χ1n) is 7.33. The van der Waals surface area contributed by atoms with E-state index in [1.807, 2.05) is 0 Å². The van der Waals surface area contributed by atoms with Crippen LogP contribution in [0.25, 0.3) is 0 Å². The molecule has 6 nitrogen and oxygen atoms in total. The third-order valence-electron chi connectivity index (χ3n) is 3.83. The molecule has 120 valence electrons. The average molecular weight is 316 g/mol. The second-order valence-corrected chi connectivity index (χ2v) is 5.20. The fourth-order valence-corrected chi connectivity index (χ4v) is 2.55. The van der Waals surface area contributed by atoms with Crippen molar-refractivity contribution in [3.05, 3.63) is 48.2 Å². The quantitative estimate of drug-likeness (QED) is 0.860. The fraction of sp³-hybridized carbons (Fsp3) is 0.312. The number of aromatic nitrogens is 2. The smallest absolute Gasteiger partial charge is 0.272 e. The van der Waals surface area contributed by atoms with Gasteiger partial charge in [-0.25, -0.2) is 14.4 Å². The molecule has 2 heterocycles. The van der Waals surface area contributed by atoms with Crippen LogP contribution in [0.2, 0.25) is 0 Å².